The highest BCUT2D eigenvalue weighted by Gasteiger charge is 2.44. The molecule has 5 rings (SSSR count). The molecular weight excluding hydrogens is 353 g/mol. The summed E-state index contributed by atoms with van der Waals surface area (Å²) in [5.74, 6) is 0. The van der Waals surface area contributed by atoms with Gasteiger partial charge in [0.25, 0.3) is 0 Å². The SMILES string of the molecule is C1=C2C(=C(c3cccs3)P(C3CCCCC3)[C@@H]2c2ccccn2)CCC1. The minimum atomic E-state index is -0.208. The van der Waals surface area contributed by atoms with Crippen LogP contribution in [0.1, 0.15) is 67.6 Å². The fraction of sp³-hybridized carbons (Fsp3) is 0.435. The fourth-order valence-corrected chi connectivity index (χ4v) is 10.1. The molecule has 26 heavy (non-hydrogen) atoms. The van der Waals surface area contributed by atoms with E-state index in [0.717, 1.165) is 5.66 Å². The quantitative estimate of drug-likeness (QED) is 0.502. The van der Waals surface area contributed by atoms with Crippen LogP contribution in [0.5, 0.6) is 0 Å². The first-order valence-electron chi connectivity index (χ1n) is 10.1. The van der Waals surface area contributed by atoms with E-state index in [1.807, 2.05) is 17.5 Å². The van der Waals surface area contributed by atoms with Gasteiger partial charge in [0, 0.05) is 11.1 Å². The van der Waals surface area contributed by atoms with Crippen molar-refractivity contribution in [3.05, 3.63) is 69.7 Å². The number of pyridine rings is 1. The Morgan fingerprint density at radius 2 is 1.92 bits per heavy atom. The van der Waals surface area contributed by atoms with Crippen molar-refractivity contribution in [2.45, 2.75) is 62.7 Å². The van der Waals surface area contributed by atoms with E-state index in [2.05, 4.69) is 41.8 Å². The molecular formula is C23H26NPS. The van der Waals surface area contributed by atoms with Crippen molar-refractivity contribution in [2.24, 2.45) is 0 Å². The third kappa shape index (κ3) is 2.92. The number of hydrogen-bond acceptors (Lipinski definition) is 2. The molecule has 0 saturated heterocycles. The molecule has 1 fully saturated rings. The molecule has 1 unspecified atom stereocenters. The molecule has 1 nitrogen and oxygen atoms in total. The van der Waals surface area contributed by atoms with Crippen LogP contribution in [0.4, 0.5) is 0 Å². The maximum Gasteiger partial charge on any atom is 0.0524 e. The summed E-state index contributed by atoms with van der Waals surface area (Å²) in [6, 6.07) is 11.1. The van der Waals surface area contributed by atoms with Crippen molar-refractivity contribution in [2.75, 3.05) is 0 Å². The van der Waals surface area contributed by atoms with Crippen LogP contribution in [0.3, 0.4) is 0 Å². The van der Waals surface area contributed by atoms with Gasteiger partial charge >= 0.3 is 0 Å². The minimum Gasteiger partial charge on any atom is -0.260 e. The normalized spacial score (nSPS) is 26.7. The summed E-state index contributed by atoms with van der Waals surface area (Å²) in [5.41, 5.74) is 6.09. The van der Waals surface area contributed by atoms with E-state index in [1.54, 1.807) is 21.3 Å². The lowest BCUT2D eigenvalue weighted by atomic mass is 9.90. The van der Waals surface area contributed by atoms with Crippen LogP contribution in [0.25, 0.3) is 5.31 Å². The molecule has 2 aliphatic carbocycles. The van der Waals surface area contributed by atoms with Crippen molar-refractivity contribution in [1.29, 1.82) is 0 Å². The van der Waals surface area contributed by atoms with Crippen molar-refractivity contribution in [1.82, 2.24) is 4.98 Å². The van der Waals surface area contributed by atoms with Crippen molar-refractivity contribution < 1.29 is 0 Å². The molecule has 0 spiro atoms. The summed E-state index contributed by atoms with van der Waals surface area (Å²) in [7, 11) is -0.208. The van der Waals surface area contributed by atoms with E-state index in [0.29, 0.717) is 5.66 Å². The average Bonchev–Trinajstić information content (AvgIpc) is 3.35. The lowest BCUT2D eigenvalue weighted by Crippen LogP contribution is -2.14. The Hall–Kier alpha value is -1.24. The molecule has 1 aliphatic heterocycles. The molecule has 0 N–H and O–H groups in total. The van der Waals surface area contributed by atoms with Gasteiger partial charge in [0.2, 0.25) is 0 Å². The molecule has 3 aliphatic rings. The zero-order valence-electron chi connectivity index (χ0n) is 15.2. The minimum absolute atomic E-state index is 0.208. The molecule has 2 aromatic heterocycles. The highest BCUT2D eigenvalue weighted by molar-refractivity contribution is 7.70. The van der Waals surface area contributed by atoms with Crippen molar-refractivity contribution >= 4 is 24.6 Å². The number of rotatable bonds is 3. The summed E-state index contributed by atoms with van der Waals surface area (Å²) >= 11 is 1.95. The van der Waals surface area contributed by atoms with Gasteiger partial charge in [-0.1, -0.05) is 45.4 Å². The summed E-state index contributed by atoms with van der Waals surface area (Å²) in [4.78, 5) is 6.41. The van der Waals surface area contributed by atoms with Gasteiger partial charge in [-0.15, -0.1) is 11.3 Å². The van der Waals surface area contributed by atoms with Gasteiger partial charge < -0.3 is 0 Å². The van der Waals surface area contributed by atoms with Crippen molar-refractivity contribution in [3.63, 3.8) is 0 Å². The Balaban J connectivity index is 1.67. The molecule has 2 aromatic rings. The van der Waals surface area contributed by atoms with Crippen LogP contribution in [-0.4, -0.2) is 10.6 Å². The summed E-state index contributed by atoms with van der Waals surface area (Å²) < 4.78 is 0. The predicted molar refractivity (Wildman–Crippen MR) is 114 cm³/mol. The van der Waals surface area contributed by atoms with Crippen LogP contribution in [0.15, 0.2) is 59.1 Å². The van der Waals surface area contributed by atoms with Gasteiger partial charge in [-0.3, -0.25) is 4.98 Å². The molecule has 3 heteroatoms. The molecule has 0 amide bonds. The second-order valence-corrected chi connectivity index (χ2v) is 11.2. The van der Waals surface area contributed by atoms with Crippen LogP contribution >= 0.6 is 19.3 Å². The molecule has 3 heterocycles. The predicted octanol–water partition coefficient (Wildman–Crippen LogP) is 7.53. The first kappa shape index (κ1) is 16.9. The monoisotopic (exact) mass is 379 g/mol. The third-order valence-corrected chi connectivity index (χ3v) is 10.6. The Morgan fingerprint density at radius 3 is 2.69 bits per heavy atom. The van der Waals surface area contributed by atoms with E-state index in [9.17, 15) is 0 Å². The van der Waals surface area contributed by atoms with Gasteiger partial charge in [0.05, 0.1) is 11.4 Å². The molecule has 0 bridgehead atoms. The zero-order valence-corrected chi connectivity index (χ0v) is 16.9. The number of allylic oxidation sites excluding steroid dienone is 3. The van der Waals surface area contributed by atoms with Gasteiger partial charge in [-0.25, -0.2) is 0 Å². The average molecular weight is 380 g/mol. The second kappa shape index (κ2) is 7.41. The standard InChI is InChI=1S/C23H26NPS/c1-2-9-17(10-3-1)25-22(20-13-6-7-15-24-20)18-11-4-5-12-19(18)23(25)21-14-8-16-26-21/h6-8,11,13-17,22H,1-5,9-10,12H2/t22-,25?/m0/s1. The lowest BCUT2D eigenvalue weighted by Gasteiger charge is -2.34. The highest BCUT2D eigenvalue weighted by Crippen LogP contribution is 2.76. The summed E-state index contributed by atoms with van der Waals surface area (Å²) in [6.07, 6.45) is 15.5. The number of nitrogens with zero attached hydrogens (tertiary/aromatic N) is 1. The maximum absolute atomic E-state index is 4.86. The summed E-state index contributed by atoms with van der Waals surface area (Å²) in [6.45, 7) is 0. The van der Waals surface area contributed by atoms with Gasteiger partial charge in [0.1, 0.15) is 0 Å². The first-order chi connectivity index (χ1) is 12.9. The van der Waals surface area contributed by atoms with Crippen LogP contribution in [0, 0.1) is 0 Å². The molecule has 0 radical (unpaired) electrons. The smallest absolute Gasteiger partial charge is 0.0524 e. The first-order valence-corrected chi connectivity index (χ1v) is 12.5. The van der Waals surface area contributed by atoms with Gasteiger partial charge in [-0.05, 0) is 77.8 Å². The van der Waals surface area contributed by atoms with Crippen LogP contribution < -0.4 is 0 Å². The van der Waals surface area contributed by atoms with Gasteiger partial charge in [0.15, 0.2) is 0 Å². The third-order valence-electron chi connectivity index (χ3n) is 6.15. The largest absolute Gasteiger partial charge is 0.260 e. The van der Waals surface area contributed by atoms with E-state index in [-0.39, 0.29) is 7.92 Å². The van der Waals surface area contributed by atoms with E-state index < -0.39 is 0 Å². The van der Waals surface area contributed by atoms with E-state index in [4.69, 9.17) is 4.98 Å². The molecule has 134 valence electrons. The molecule has 1 saturated carbocycles. The van der Waals surface area contributed by atoms with Gasteiger partial charge in [-0.2, -0.15) is 0 Å². The van der Waals surface area contributed by atoms with Crippen LogP contribution in [-0.2, 0) is 0 Å². The number of fused-ring (bicyclic) bond motifs is 1. The molecule has 0 aromatic carbocycles. The fourth-order valence-electron chi connectivity index (χ4n) is 5.05. The Morgan fingerprint density at radius 1 is 1.00 bits per heavy atom. The van der Waals surface area contributed by atoms with Crippen molar-refractivity contribution in [3.8, 4) is 0 Å². The lowest BCUT2D eigenvalue weighted by molar-refractivity contribution is 0.511. The summed E-state index contributed by atoms with van der Waals surface area (Å²) in [5, 5.41) is 4.01. The van der Waals surface area contributed by atoms with E-state index in [1.165, 1.54) is 57.1 Å². The second-order valence-electron chi connectivity index (χ2n) is 7.71. The number of aromatic nitrogens is 1. The highest BCUT2D eigenvalue weighted by atomic mass is 32.1. The number of hydrogen-bond donors (Lipinski definition) is 0. The molecule has 2 atom stereocenters. The Kier molecular flexibility index (Phi) is 4.82. The topological polar surface area (TPSA) is 12.9 Å². The van der Waals surface area contributed by atoms with Crippen LogP contribution in [0.2, 0.25) is 0 Å². The van der Waals surface area contributed by atoms with E-state index >= 15 is 0 Å². The number of thiophene rings is 1. The Bertz CT molecular complexity index is 815. The maximum atomic E-state index is 4.86. The zero-order chi connectivity index (χ0) is 17.3. The Labute approximate surface area is 162 Å².